The minimum Gasteiger partial charge on any atom is -0.497 e. The summed E-state index contributed by atoms with van der Waals surface area (Å²) in [6.45, 7) is 5.83. The SMILES string of the molecule is COc1cc(NC(=O)CN2CCCN(CC3CCCCC3)CC2)cc(OC)c1. The van der Waals surface area contributed by atoms with Crippen molar-refractivity contribution in [2.75, 3.05) is 58.8 Å². The van der Waals surface area contributed by atoms with Crippen LogP contribution in [0, 0.1) is 5.92 Å². The van der Waals surface area contributed by atoms with Gasteiger partial charge in [0.1, 0.15) is 11.5 Å². The van der Waals surface area contributed by atoms with Crippen LogP contribution in [0.2, 0.25) is 0 Å². The zero-order chi connectivity index (χ0) is 19.8. The zero-order valence-corrected chi connectivity index (χ0v) is 17.4. The van der Waals surface area contributed by atoms with Crippen LogP contribution in [0.4, 0.5) is 5.69 Å². The topological polar surface area (TPSA) is 54.0 Å². The van der Waals surface area contributed by atoms with Gasteiger partial charge in [0, 0.05) is 43.5 Å². The highest BCUT2D eigenvalue weighted by Gasteiger charge is 2.21. The molecule has 1 aromatic rings. The minimum atomic E-state index is 0.0102. The maximum Gasteiger partial charge on any atom is 0.238 e. The summed E-state index contributed by atoms with van der Waals surface area (Å²) in [5.41, 5.74) is 0.704. The molecule has 0 aromatic heterocycles. The summed E-state index contributed by atoms with van der Waals surface area (Å²) in [6, 6.07) is 5.43. The molecular formula is C22H35N3O3. The van der Waals surface area contributed by atoms with Crippen molar-refractivity contribution in [2.24, 2.45) is 5.92 Å². The first-order chi connectivity index (χ1) is 13.7. The lowest BCUT2D eigenvalue weighted by Gasteiger charge is -2.28. The highest BCUT2D eigenvalue weighted by atomic mass is 16.5. The largest absolute Gasteiger partial charge is 0.497 e. The number of carbonyl (C=O) groups excluding carboxylic acids is 1. The Morgan fingerprint density at radius 1 is 0.929 bits per heavy atom. The van der Waals surface area contributed by atoms with Gasteiger partial charge in [0.05, 0.1) is 20.8 Å². The molecule has 3 rings (SSSR count). The van der Waals surface area contributed by atoms with Crippen molar-refractivity contribution >= 4 is 11.6 Å². The van der Waals surface area contributed by atoms with Crippen LogP contribution in [0.25, 0.3) is 0 Å². The van der Waals surface area contributed by atoms with E-state index in [4.69, 9.17) is 9.47 Å². The number of methoxy groups -OCH3 is 2. The number of amides is 1. The number of carbonyl (C=O) groups is 1. The molecule has 1 N–H and O–H groups in total. The molecule has 2 fully saturated rings. The first-order valence-electron chi connectivity index (χ1n) is 10.6. The second-order valence-electron chi connectivity index (χ2n) is 8.08. The maximum absolute atomic E-state index is 12.5. The summed E-state index contributed by atoms with van der Waals surface area (Å²) in [5.74, 6) is 2.23. The van der Waals surface area contributed by atoms with Gasteiger partial charge in [0.25, 0.3) is 0 Å². The summed E-state index contributed by atoms with van der Waals surface area (Å²) in [6.07, 6.45) is 8.14. The van der Waals surface area contributed by atoms with Crippen LogP contribution < -0.4 is 14.8 Å². The van der Waals surface area contributed by atoms with E-state index in [0.29, 0.717) is 23.7 Å². The Morgan fingerprint density at radius 2 is 1.57 bits per heavy atom. The van der Waals surface area contributed by atoms with Crippen molar-refractivity contribution in [3.8, 4) is 11.5 Å². The molecule has 6 heteroatoms. The van der Waals surface area contributed by atoms with Gasteiger partial charge >= 0.3 is 0 Å². The van der Waals surface area contributed by atoms with Gasteiger partial charge in [-0.3, -0.25) is 9.69 Å². The highest BCUT2D eigenvalue weighted by Crippen LogP contribution is 2.26. The maximum atomic E-state index is 12.5. The first kappa shape index (κ1) is 20.9. The van der Waals surface area contributed by atoms with Gasteiger partial charge in [-0.1, -0.05) is 19.3 Å². The van der Waals surface area contributed by atoms with Crippen LogP contribution in [0.3, 0.4) is 0 Å². The monoisotopic (exact) mass is 389 g/mol. The van der Waals surface area contributed by atoms with Crippen molar-refractivity contribution < 1.29 is 14.3 Å². The highest BCUT2D eigenvalue weighted by molar-refractivity contribution is 5.92. The smallest absolute Gasteiger partial charge is 0.238 e. The molecule has 1 aliphatic heterocycles. The van der Waals surface area contributed by atoms with Crippen LogP contribution in [0.1, 0.15) is 38.5 Å². The Hall–Kier alpha value is -1.79. The van der Waals surface area contributed by atoms with Crippen molar-refractivity contribution in [3.63, 3.8) is 0 Å². The number of nitrogens with zero attached hydrogens (tertiary/aromatic N) is 2. The van der Waals surface area contributed by atoms with Gasteiger partial charge in [-0.05, 0) is 38.3 Å². The molecule has 0 unspecified atom stereocenters. The molecule has 1 aliphatic carbocycles. The molecule has 2 aliphatic rings. The number of anilines is 1. The van der Waals surface area contributed by atoms with Crippen molar-refractivity contribution in [1.29, 1.82) is 0 Å². The van der Waals surface area contributed by atoms with Crippen LogP contribution in [0.15, 0.2) is 18.2 Å². The Labute approximate surface area is 169 Å². The lowest BCUT2D eigenvalue weighted by Crippen LogP contribution is -2.37. The molecule has 156 valence electrons. The summed E-state index contributed by atoms with van der Waals surface area (Å²) >= 11 is 0. The van der Waals surface area contributed by atoms with E-state index in [2.05, 4.69) is 15.1 Å². The number of rotatable bonds is 7. The number of ether oxygens (including phenoxy) is 2. The second-order valence-corrected chi connectivity index (χ2v) is 8.08. The predicted molar refractivity (Wildman–Crippen MR) is 112 cm³/mol. The third-order valence-corrected chi connectivity index (χ3v) is 5.92. The van der Waals surface area contributed by atoms with Crippen LogP contribution in [-0.4, -0.2) is 69.2 Å². The first-order valence-corrected chi connectivity index (χ1v) is 10.6. The van der Waals surface area contributed by atoms with Gasteiger partial charge in [-0.15, -0.1) is 0 Å². The summed E-state index contributed by atoms with van der Waals surface area (Å²) in [7, 11) is 3.22. The van der Waals surface area contributed by atoms with E-state index in [1.54, 1.807) is 20.3 Å². The molecule has 28 heavy (non-hydrogen) atoms. The lowest BCUT2D eigenvalue weighted by atomic mass is 9.89. The van der Waals surface area contributed by atoms with Crippen LogP contribution in [0.5, 0.6) is 11.5 Å². The Morgan fingerprint density at radius 3 is 2.25 bits per heavy atom. The third-order valence-electron chi connectivity index (χ3n) is 5.92. The zero-order valence-electron chi connectivity index (χ0n) is 17.4. The van der Waals surface area contributed by atoms with E-state index in [9.17, 15) is 4.79 Å². The molecule has 1 amide bonds. The Kier molecular flexibility index (Phi) is 7.98. The molecule has 0 radical (unpaired) electrons. The van der Waals surface area contributed by atoms with Gasteiger partial charge in [-0.25, -0.2) is 0 Å². The molecule has 1 saturated heterocycles. The van der Waals surface area contributed by atoms with E-state index < -0.39 is 0 Å². The molecule has 6 nitrogen and oxygen atoms in total. The fourth-order valence-corrected chi connectivity index (χ4v) is 4.38. The van der Waals surface area contributed by atoms with Gasteiger partial charge in [0.2, 0.25) is 5.91 Å². The number of benzene rings is 1. The Bertz CT molecular complexity index is 609. The normalized spacial score (nSPS) is 19.8. The van der Waals surface area contributed by atoms with Gasteiger partial charge in [-0.2, -0.15) is 0 Å². The average molecular weight is 390 g/mol. The minimum absolute atomic E-state index is 0.0102. The molecule has 0 bridgehead atoms. The standard InChI is InChI=1S/C22H35N3O3/c1-27-20-13-19(14-21(15-20)28-2)23-22(26)17-25-10-6-9-24(11-12-25)16-18-7-4-3-5-8-18/h13-15,18H,3-12,16-17H2,1-2H3,(H,23,26). The number of hydrogen-bond donors (Lipinski definition) is 1. The van der Waals surface area contributed by atoms with Crippen LogP contribution in [-0.2, 0) is 4.79 Å². The van der Waals surface area contributed by atoms with Gasteiger partial charge < -0.3 is 19.7 Å². The average Bonchev–Trinajstić information content (AvgIpc) is 2.93. The second kappa shape index (κ2) is 10.7. The quantitative estimate of drug-likeness (QED) is 0.776. The fraction of sp³-hybridized carbons (Fsp3) is 0.682. The molecule has 0 spiro atoms. The van der Waals surface area contributed by atoms with E-state index in [1.807, 2.05) is 12.1 Å². The van der Waals surface area contributed by atoms with Crippen molar-refractivity contribution in [1.82, 2.24) is 9.80 Å². The summed E-state index contributed by atoms with van der Waals surface area (Å²) in [5, 5.41) is 2.98. The van der Waals surface area contributed by atoms with Gasteiger partial charge in [0.15, 0.2) is 0 Å². The molecule has 1 saturated carbocycles. The van der Waals surface area contributed by atoms with E-state index in [0.717, 1.165) is 38.5 Å². The third kappa shape index (κ3) is 6.38. The van der Waals surface area contributed by atoms with Crippen LogP contribution >= 0.6 is 0 Å². The van der Waals surface area contributed by atoms with Crippen molar-refractivity contribution in [2.45, 2.75) is 38.5 Å². The predicted octanol–water partition coefficient (Wildman–Crippen LogP) is 3.23. The molecular weight excluding hydrogens is 354 g/mol. The lowest BCUT2D eigenvalue weighted by molar-refractivity contribution is -0.117. The summed E-state index contributed by atoms with van der Waals surface area (Å²) < 4.78 is 10.5. The van der Waals surface area contributed by atoms with E-state index >= 15 is 0 Å². The van der Waals surface area contributed by atoms with E-state index in [1.165, 1.54) is 38.6 Å². The Balaban J connectivity index is 1.46. The molecule has 1 aromatic carbocycles. The number of hydrogen-bond acceptors (Lipinski definition) is 5. The fourth-order valence-electron chi connectivity index (χ4n) is 4.38. The van der Waals surface area contributed by atoms with Crippen molar-refractivity contribution in [3.05, 3.63) is 18.2 Å². The van der Waals surface area contributed by atoms with E-state index in [-0.39, 0.29) is 5.91 Å². The summed E-state index contributed by atoms with van der Waals surface area (Å²) in [4.78, 5) is 17.4. The number of nitrogens with one attached hydrogen (secondary N) is 1. The molecule has 1 heterocycles. The molecule has 0 atom stereocenters.